The van der Waals surface area contributed by atoms with Gasteiger partial charge in [-0.3, -0.25) is 4.79 Å². The molecule has 0 fully saturated rings. The Labute approximate surface area is 93.6 Å². The third kappa shape index (κ3) is 8.10. The van der Waals surface area contributed by atoms with Crippen LogP contribution in [0.3, 0.4) is 0 Å². The van der Waals surface area contributed by atoms with Gasteiger partial charge in [0.2, 0.25) is 0 Å². The van der Waals surface area contributed by atoms with Gasteiger partial charge in [-0.1, -0.05) is 15.9 Å². The van der Waals surface area contributed by atoms with Gasteiger partial charge < -0.3 is 9.47 Å². The first-order chi connectivity index (χ1) is 6.68. The zero-order valence-electron chi connectivity index (χ0n) is 8.66. The van der Waals surface area contributed by atoms with E-state index in [0.29, 0.717) is 6.61 Å². The van der Waals surface area contributed by atoms with Crippen molar-refractivity contribution < 1.29 is 14.3 Å². The minimum atomic E-state index is -0.212. The first-order valence-corrected chi connectivity index (χ1v) is 5.58. The van der Waals surface area contributed by atoms with Crippen LogP contribution in [-0.2, 0) is 14.3 Å². The summed E-state index contributed by atoms with van der Waals surface area (Å²) in [7, 11) is 1.62. The molecule has 0 N–H and O–H groups in total. The molecule has 4 heteroatoms. The Kier molecular flexibility index (Phi) is 8.73. The van der Waals surface area contributed by atoms with Crippen molar-refractivity contribution in [3.63, 3.8) is 0 Å². The lowest BCUT2D eigenvalue weighted by molar-refractivity contribution is -0.142. The number of allylic oxidation sites excluding steroid dienone is 1. The number of alkyl halides is 1. The molecule has 0 aromatic rings. The summed E-state index contributed by atoms with van der Waals surface area (Å²) >= 11 is 3.14. The molecular formula is C10H17BrO3. The Morgan fingerprint density at radius 2 is 2.21 bits per heavy atom. The van der Waals surface area contributed by atoms with Crippen molar-refractivity contribution >= 4 is 21.9 Å². The standard InChI is InChI=1S/C10H17BrO3/c1-9(11)10(12)14-8-6-4-3-5-7-13-2/h5,7,9H,3-4,6,8H2,1-2H3/b7-5+. The Hall–Kier alpha value is -0.510. The van der Waals surface area contributed by atoms with E-state index >= 15 is 0 Å². The highest BCUT2D eigenvalue weighted by atomic mass is 79.9. The van der Waals surface area contributed by atoms with Crippen LogP contribution < -0.4 is 0 Å². The first-order valence-electron chi connectivity index (χ1n) is 4.67. The quantitative estimate of drug-likeness (QED) is 0.307. The van der Waals surface area contributed by atoms with Crippen LogP contribution in [0.4, 0.5) is 0 Å². The number of hydrogen-bond acceptors (Lipinski definition) is 3. The fourth-order valence-corrected chi connectivity index (χ4v) is 0.948. The van der Waals surface area contributed by atoms with E-state index in [2.05, 4.69) is 15.9 Å². The summed E-state index contributed by atoms with van der Waals surface area (Å²) in [6.07, 6.45) is 6.46. The molecule has 0 radical (unpaired) electrons. The molecule has 0 aliphatic heterocycles. The molecule has 1 atom stereocenters. The molecule has 0 aliphatic carbocycles. The molecule has 82 valence electrons. The Morgan fingerprint density at radius 1 is 1.50 bits per heavy atom. The van der Waals surface area contributed by atoms with Crippen molar-refractivity contribution in [1.29, 1.82) is 0 Å². The second-order valence-electron chi connectivity index (χ2n) is 2.89. The van der Waals surface area contributed by atoms with Crippen molar-refractivity contribution in [2.24, 2.45) is 0 Å². The molecule has 0 aliphatic rings. The zero-order chi connectivity index (χ0) is 10.8. The second kappa shape index (κ2) is 9.06. The minimum absolute atomic E-state index is 0.197. The molecule has 0 bridgehead atoms. The number of carbonyl (C=O) groups excluding carboxylic acids is 1. The number of rotatable bonds is 7. The summed E-state index contributed by atoms with van der Waals surface area (Å²) in [5.74, 6) is -0.197. The molecule has 0 saturated carbocycles. The maximum absolute atomic E-state index is 11.0. The second-order valence-corrected chi connectivity index (χ2v) is 4.26. The molecule has 0 amide bonds. The van der Waals surface area contributed by atoms with Gasteiger partial charge in [-0.2, -0.15) is 0 Å². The van der Waals surface area contributed by atoms with Crippen molar-refractivity contribution in [1.82, 2.24) is 0 Å². The van der Waals surface area contributed by atoms with Gasteiger partial charge in [0.15, 0.2) is 0 Å². The number of carbonyl (C=O) groups is 1. The number of hydrogen-bond donors (Lipinski definition) is 0. The maximum Gasteiger partial charge on any atom is 0.319 e. The predicted octanol–water partition coefficient (Wildman–Crippen LogP) is 2.64. The van der Waals surface area contributed by atoms with Crippen molar-refractivity contribution in [3.05, 3.63) is 12.3 Å². The number of unbranched alkanes of at least 4 members (excludes halogenated alkanes) is 2. The third-order valence-electron chi connectivity index (χ3n) is 1.57. The molecule has 0 spiro atoms. The summed E-state index contributed by atoms with van der Waals surface area (Å²) < 4.78 is 9.71. The maximum atomic E-state index is 11.0. The highest BCUT2D eigenvalue weighted by molar-refractivity contribution is 9.10. The van der Waals surface area contributed by atoms with Crippen LogP contribution in [0.1, 0.15) is 26.2 Å². The number of methoxy groups -OCH3 is 1. The topological polar surface area (TPSA) is 35.5 Å². The monoisotopic (exact) mass is 264 g/mol. The smallest absolute Gasteiger partial charge is 0.319 e. The molecule has 14 heavy (non-hydrogen) atoms. The van der Waals surface area contributed by atoms with Gasteiger partial charge in [-0.25, -0.2) is 0 Å². The normalized spacial score (nSPS) is 12.8. The van der Waals surface area contributed by atoms with Crippen molar-refractivity contribution in [2.75, 3.05) is 13.7 Å². The van der Waals surface area contributed by atoms with Gasteiger partial charge in [-0.15, -0.1) is 0 Å². The molecule has 0 rings (SSSR count). The molecular weight excluding hydrogens is 248 g/mol. The van der Waals surface area contributed by atoms with Crippen LogP contribution in [0.2, 0.25) is 0 Å². The van der Waals surface area contributed by atoms with Gasteiger partial charge in [0.05, 0.1) is 20.0 Å². The lowest BCUT2D eigenvalue weighted by Crippen LogP contribution is -2.14. The van der Waals surface area contributed by atoms with E-state index in [1.165, 1.54) is 0 Å². The Balaban J connectivity index is 3.21. The molecule has 1 unspecified atom stereocenters. The highest BCUT2D eigenvalue weighted by Crippen LogP contribution is 2.02. The summed E-state index contributed by atoms with van der Waals surface area (Å²) in [5, 5.41) is 0. The predicted molar refractivity (Wildman–Crippen MR) is 59.3 cm³/mol. The first kappa shape index (κ1) is 13.5. The van der Waals surface area contributed by atoms with Gasteiger partial charge in [0.25, 0.3) is 0 Å². The van der Waals surface area contributed by atoms with E-state index < -0.39 is 0 Å². The number of ether oxygens (including phenoxy) is 2. The van der Waals surface area contributed by atoms with E-state index in [9.17, 15) is 4.79 Å². The Bertz CT molecular complexity index is 178. The molecule has 0 saturated heterocycles. The van der Waals surface area contributed by atoms with E-state index in [1.807, 2.05) is 6.08 Å². The van der Waals surface area contributed by atoms with Gasteiger partial charge in [0.1, 0.15) is 4.83 Å². The highest BCUT2D eigenvalue weighted by Gasteiger charge is 2.08. The van der Waals surface area contributed by atoms with Gasteiger partial charge in [0, 0.05) is 0 Å². The lowest BCUT2D eigenvalue weighted by Gasteiger charge is -2.04. The molecule has 3 nitrogen and oxygen atoms in total. The molecule has 0 aromatic heterocycles. The molecule has 0 aromatic carbocycles. The Morgan fingerprint density at radius 3 is 2.79 bits per heavy atom. The summed E-state index contributed by atoms with van der Waals surface area (Å²) in [4.78, 5) is 10.8. The lowest BCUT2D eigenvalue weighted by atomic mass is 10.2. The third-order valence-corrected chi connectivity index (χ3v) is 1.94. The minimum Gasteiger partial charge on any atom is -0.505 e. The van der Waals surface area contributed by atoms with E-state index in [-0.39, 0.29) is 10.8 Å². The van der Waals surface area contributed by atoms with E-state index in [1.54, 1.807) is 20.3 Å². The van der Waals surface area contributed by atoms with Crippen molar-refractivity contribution in [3.8, 4) is 0 Å². The summed E-state index contributed by atoms with van der Waals surface area (Å²) in [5.41, 5.74) is 0. The fourth-order valence-electron chi connectivity index (χ4n) is 0.816. The van der Waals surface area contributed by atoms with Crippen LogP contribution in [0.15, 0.2) is 12.3 Å². The van der Waals surface area contributed by atoms with Crippen LogP contribution >= 0.6 is 15.9 Å². The van der Waals surface area contributed by atoms with E-state index in [4.69, 9.17) is 9.47 Å². The van der Waals surface area contributed by atoms with Crippen LogP contribution in [0.5, 0.6) is 0 Å². The summed E-state index contributed by atoms with van der Waals surface area (Å²) in [6.45, 7) is 2.25. The SMILES string of the molecule is CO/C=C/CCCCOC(=O)C(C)Br. The van der Waals surface area contributed by atoms with Gasteiger partial charge >= 0.3 is 5.97 Å². The fraction of sp³-hybridized carbons (Fsp3) is 0.700. The van der Waals surface area contributed by atoms with Crippen molar-refractivity contribution in [2.45, 2.75) is 31.0 Å². The zero-order valence-corrected chi connectivity index (χ0v) is 10.2. The summed E-state index contributed by atoms with van der Waals surface area (Å²) in [6, 6.07) is 0. The largest absolute Gasteiger partial charge is 0.505 e. The van der Waals surface area contributed by atoms with Crippen LogP contribution in [0.25, 0.3) is 0 Å². The molecule has 0 heterocycles. The average molecular weight is 265 g/mol. The van der Waals surface area contributed by atoms with E-state index in [0.717, 1.165) is 19.3 Å². The number of halogens is 1. The number of esters is 1. The average Bonchev–Trinajstić information content (AvgIpc) is 2.16. The van der Waals surface area contributed by atoms with Crippen LogP contribution in [0, 0.1) is 0 Å². The van der Waals surface area contributed by atoms with Crippen LogP contribution in [-0.4, -0.2) is 24.5 Å². The van der Waals surface area contributed by atoms with Gasteiger partial charge in [-0.05, 0) is 32.3 Å².